The average molecular weight is 396 g/mol. The topological polar surface area (TPSA) is 59.3 Å². The lowest BCUT2D eigenvalue weighted by molar-refractivity contribution is 0.0681. The molecule has 1 N–H and O–H groups in total. The number of carboxylic acid groups (broad SMARTS) is 1. The number of fused-ring (bicyclic) bond motifs is 1. The minimum absolute atomic E-state index is 0.0675. The molecule has 0 saturated heterocycles. The van der Waals surface area contributed by atoms with Crippen molar-refractivity contribution in [2.24, 2.45) is 0 Å². The van der Waals surface area contributed by atoms with Crippen LogP contribution in [0.1, 0.15) is 55.1 Å². The maximum absolute atomic E-state index is 13.4. The quantitative estimate of drug-likeness (QED) is 0.560. The maximum Gasteiger partial charge on any atom is 0.353 e. The number of hydrogen-bond donors (Lipinski definition) is 1. The number of pyridine rings is 1. The predicted molar refractivity (Wildman–Crippen MR) is 112 cm³/mol. The van der Waals surface area contributed by atoms with Crippen LogP contribution in [0.2, 0.25) is 5.02 Å². The van der Waals surface area contributed by atoms with E-state index in [-0.39, 0.29) is 17.3 Å². The number of nitrogens with zero attached hydrogens (tertiary/aromatic N) is 1. The molecular weight excluding hydrogens is 374 g/mol. The summed E-state index contributed by atoms with van der Waals surface area (Å²) in [4.78, 5) is 25.8. The summed E-state index contributed by atoms with van der Waals surface area (Å²) in [6.45, 7) is 0. The Labute approximate surface area is 168 Å². The molecule has 144 valence electrons. The molecule has 0 bridgehead atoms. The van der Waals surface area contributed by atoms with Gasteiger partial charge in [0.25, 0.3) is 5.56 Å². The van der Waals surface area contributed by atoms with Crippen molar-refractivity contribution in [1.29, 1.82) is 0 Å². The highest BCUT2D eigenvalue weighted by atomic mass is 35.5. The Hall–Kier alpha value is -2.59. The first-order chi connectivity index (χ1) is 13.6. The molecular formula is C23H22ClNO3. The smallest absolute Gasteiger partial charge is 0.353 e. The molecule has 1 aliphatic carbocycles. The monoisotopic (exact) mass is 395 g/mol. The highest BCUT2D eigenvalue weighted by Crippen LogP contribution is 2.36. The maximum atomic E-state index is 13.4. The van der Waals surface area contributed by atoms with Gasteiger partial charge in [-0.2, -0.15) is 0 Å². The summed E-state index contributed by atoms with van der Waals surface area (Å²) < 4.78 is 1.55. The van der Waals surface area contributed by atoms with Crippen LogP contribution in [0.15, 0.2) is 53.3 Å². The van der Waals surface area contributed by atoms with E-state index in [9.17, 15) is 14.7 Å². The summed E-state index contributed by atoms with van der Waals surface area (Å²) in [7, 11) is 0. The molecule has 0 aliphatic heterocycles. The third-order valence-electron chi connectivity index (χ3n) is 5.63. The zero-order chi connectivity index (χ0) is 19.7. The molecule has 1 heterocycles. The summed E-state index contributed by atoms with van der Waals surface area (Å²) in [5.74, 6) is -1.08. The Balaban J connectivity index is 2.13. The van der Waals surface area contributed by atoms with E-state index in [0.717, 1.165) is 44.1 Å². The number of carboxylic acids is 1. The van der Waals surface area contributed by atoms with Crippen LogP contribution in [0.5, 0.6) is 0 Å². The predicted octanol–water partition coefficient (Wildman–Crippen LogP) is 5.92. The number of halogens is 1. The zero-order valence-electron chi connectivity index (χ0n) is 15.5. The molecule has 3 aromatic rings. The second-order valence-electron chi connectivity index (χ2n) is 7.41. The summed E-state index contributed by atoms with van der Waals surface area (Å²) in [5.41, 5.74) is 1.16. The van der Waals surface area contributed by atoms with Crippen LogP contribution in [-0.2, 0) is 0 Å². The SMILES string of the molecule is O=C(O)c1c(-c2ccccc2)c2cc(Cl)ccc2c(=O)n1C1CCCCCC1. The third-order valence-corrected chi connectivity index (χ3v) is 5.87. The van der Waals surface area contributed by atoms with Crippen molar-refractivity contribution < 1.29 is 9.90 Å². The summed E-state index contributed by atoms with van der Waals surface area (Å²) >= 11 is 6.22. The molecule has 4 nitrogen and oxygen atoms in total. The first kappa shape index (κ1) is 18.8. The van der Waals surface area contributed by atoms with Gasteiger partial charge in [-0.1, -0.05) is 67.6 Å². The fourth-order valence-electron chi connectivity index (χ4n) is 4.36. The van der Waals surface area contributed by atoms with Crippen molar-refractivity contribution in [3.8, 4) is 11.1 Å². The van der Waals surface area contributed by atoms with Crippen LogP contribution >= 0.6 is 11.6 Å². The van der Waals surface area contributed by atoms with Gasteiger partial charge < -0.3 is 5.11 Å². The first-order valence-electron chi connectivity index (χ1n) is 9.74. The largest absolute Gasteiger partial charge is 0.477 e. The third kappa shape index (κ3) is 3.33. The summed E-state index contributed by atoms with van der Waals surface area (Å²) in [6.07, 6.45) is 5.93. The molecule has 1 aromatic heterocycles. The van der Waals surface area contributed by atoms with Crippen LogP contribution < -0.4 is 5.56 Å². The van der Waals surface area contributed by atoms with Crippen LogP contribution in [-0.4, -0.2) is 15.6 Å². The van der Waals surface area contributed by atoms with Gasteiger partial charge in [0.2, 0.25) is 0 Å². The van der Waals surface area contributed by atoms with Crippen molar-refractivity contribution in [1.82, 2.24) is 4.57 Å². The van der Waals surface area contributed by atoms with Gasteiger partial charge in [-0.3, -0.25) is 9.36 Å². The van der Waals surface area contributed by atoms with Gasteiger partial charge in [-0.05, 0) is 42.0 Å². The molecule has 1 aliphatic rings. The van der Waals surface area contributed by atoms with E-state index in [1.807, 2.05) is 30.3 Å². The molecule has 0 unspecified atom stereocenters. The molecule has 1 fully saturated rings. The van der Waals surface area contributed by atoms with Crippen molar-refractivity contribution in [2.45, 2.75) is 44.6 Å². The van der Waals surface area contributed by atoms with Crippen LogP contribution in [0, 0.1) is 0 Å². The molecule has 28 heavy (non-hydrogen) atoms. The van der Waals surface area contributed by atoms with Crippen LogP contribution in [0.3, 0.4) is 0 Å². The van der Waals surface area contributed by atoms with Crippen LogP contribution in [0.4, 0.5) is 0 Å². The second kappa shape index (κ2) is 7.80. The van der Waals surface area contributed by atoms with E-state index < -0.39 is 5.97 Å². The van der Waals surface area contributed by atoms with Gasteiger partial charge in [0, 0.05) is 22.0 Å². The van der Waals surface area contributed by atoms with E-state index in [4.69, 9.17) is 11.6 Å². The Bertz CT molecular complexity index is 1080. The van der Waals surface area contributed by atoms with E-state index in [2.05, 4.69) is 0 Å². The van der Waals surface area contributed by atoms with Gasteiger partial charge in [0.15, 0.2) is 0 Å². The average Bonchev–Trinajstić information content (AvgIpc) is 2.97. The van der Waals surface area contributed by atoms with Gasteiger partial charge in [0.05, 0.1) is 0 Å². The Morgan fingerprint density at radius 3 is 2.29 bits per heavy atom. The highest BCUT2D eigenvalue weighted by molar-refractivity contribution is 6.31. The fraction of sp³-hybridized carbons (Fsp3) is 0.304. The van der Waals surface area contributed by atoms with E-state index in [0.29, 0.717) is 21.4 Å². The molecule has 0 spiro atoms. The minimum Gasteiger partial charge on any atom is -0.477 e. The number of benzene rings is 2. The number of carbonyl (C=O) groups is 1. The molecule has 0 amide bonds. The van der Waals surface area contributed by atoms with Crippen molar-refractivity contribution in [3.05, 3.63) is 69.6 Å². The second-order valence-corrected chi connectivity index (χ2v) is 7.84. The van der Waals surface area contributed by atoms with Gasteiger partial charge in [-0.25, -0.2) is 4.79 Å². The highest BCUT2D eigenvalue weighted by Gasteiger charge is 2.27. The molecule has 1 saturated carbocycles. The van der Waals surface area contributed by atoms with Crippen molar-refractivity contribution >= 4 is 28.3 Å². The lowest BCUT2D eigenvalue weighted by atomic mass is 9.95. The van der Waals surface area contributed by atoms with Gasteiger partial charge in [-0.15, -0.1) is 0 Å². The lowest BCUT2D eigenvalue weighted by Crippen LogP contribution is -2.31. The lowest BCUT2D eigenvalue weighted by Gasteiger charge is -2.24. The number of hydrogen-bond acceptors (Lipinski definition) is 2. The Morgan fingerprint density at radius 1 is 0.964 bits per heavy atom. The number of aromatic carboxylic acids is 1. The summed E-state index contributed by atoms with van der Waals surface area (Å²) in [6, 6.07) is 14.4. The standard InChI is InChI=1S/C23H22ClNO3/c24-16-12-13-18-19(14-16)20(15-8-4-3-5-9-15)21(23(27)28)25(22(18)26)17-10-6-1-2-7-11-17/h3-5,8-9,12-14,17H,1-2,6-7,10-11H2,(H,27,28). The fourth-order valence-corrected chi connectivity index (χ4v) is 4.53. The van der Waals surface area contributed by atoms with Crippen molar-refractivity contribution in [2.75, 3.05) is 0 Å². The molecule has 0 radical (unpaired) electrons. The van der Waals surface area contributed by atoms with E-state index in [1.54, 1.807) is 22.8 Å². The zero-order valence-corrected chi connectivity index (χ0v) is 16.3. The Morgan fingerprint density at radius 2 is 1.64 bits per heavy atom. The van der Waals surface area contributed by atoms with Gasteiger partial charge >= 0.3 is 5.97 Å². The van der Waals surface area contributed by atoms with E-state index in [1.165, 1.54) is 0 Å². The number of aromatic nitrogens is 1. The molecule has 4 rings (SSSR count). The Kier molecular flexibility index (Phi) is 5.23. The molecule has 2 aromatic carbocycles. The van der Waals surface area contributed by atoms with Crippen LogP contribution in [0.25, 0.3) is 21.9 Å². The minimum atomic E-state index is -1.08. The van der Waals surface area contributed by atoms with Crippen molar-refractivity contribution in [3.63, 3.8) is 0 Å². The summed E-state index contributed by atoms with van der Waals surface area (Å²) in [5, 5.41) is 11.7. The van der Waals surface area contributed by atoms with E-state index >= 15 is 0 Å². The molecule has 5 heteroatoms. The first-order valence-corrected chi connectivity index (χ1v) is 10.1. The normalized spacial score (nSPS) is 15.5. The number of rotatable bonds is 3. The van der Waals surface area contributed by atoms with Gasteiger partial charge in [0.1, 0.15) is 5.69 Å². The molecule has 0 atom stereocenters.